The van der Waals surface area contributed by atoms with E-state index < -0.39 is 5.97 Å². The molecule has 0 radical (unpaired) electrons. The lowest BCUT2D eigenvalue weighted by Gasteiger charge is -2.00. The molecule has 100 valence electrons. The lowest BCUT2D eigenvalue weighted by molar-refractivity contribution is -0.136. The highest BCUT2D eigenvalue weighted by atomic mass is 35.5. The number of nitrogens with zero attached hydrogens (tertiary/aromatic N) is 4. The average Bonchev–Trinajstić information content (AvgIpc) is 2.83. The summed E-state index contributed by atoms with van der Waals surface area (Å²) in [7, 11) is 0. The van der Waals surface area contributed by atoms with Gasteiger partial charge in [-0.25, -0.2) is 9.50 Å². The zero-order valence-corrected chi connectivity index (χ0v) is 10.9. The van der Waals surface area contributed by atoms with Crippen molar-refractivity contribution in [3.8, 4) is 11.4 Å². The number of pyridine rings is 1. The first-order chi connectivity index (χ1) is 9.63. The molecule has 3 aromatic heterocycles. The van der Waals surface area contributed by atoms with Crippen LogP contribution in [0.3, 0.4) is 0 Å². The highest BCUT2D eigenvalue weighted by Crippen LogP contribution is 2.20. The van der Waals surface area contributed by atoms with Gasteiger partial charge in [-0.1, -0.05) is 17.7 Å². The minimum Gasteiger partial charge on any atom is -0.481 e. The van der Waals surface area contributed by atoms with E-state index in [9.17, 15) is 4.79 Å². The second kappa shape index (κ2) is 4.90. The summed E-state index contributed by atoms with van der Waals surface area (Å²) >= 11 is 6.09. The predicted molar refractivity (Wildman–Crippen MR) is 72.6 cm³/mol. The van der Waals surface area contributed by atoms with Crippen LogP contribution in [-0.4, -0.2) is 30.7 Å². The van der Waals surface area contributed by atoms with Crippen LogP contribution in [0.1, 0.15) is 5.69 Å². The van der Waals surface area contributed by atoms with Crippen molar-refractivity contribution in [2.24, 2.45) is 0 Å². The Balaban J connectivity index is 2.11. The Kier molecular flexibility index (Phi) is 3.08. The predicted octanol–water partition coefficient (Wildman–Crippen LogP) is 2.07. The third-order valence-corrected chi connectivity index (χ3v) is 2.97. The summed E-state index contributed by atoms with van der Waals surface area (Å²) in [5.74, 6) is -0.956. The van der Waals surface area contributed by atoms with Crippen LogP contribution in [0.2, 0.25) is 5.15 Å². The van der Waals surface area contributed by atoms with E-state index in [1.807, 2.05) is 18.2 Å². The second-order valence-electron chi connectivity index (χ2n) is 4.16. The summed E-state index contributed by atoms with van der Waals surface area (Å²) in [4.78, 5) is 19.2. The number of fused-ring (bicyclic) bond motifs is 1. The number of halogens is 1. The van der Waals surface area contributed by atoms with E-state index in [1.165, 1.54) is 10.6 Å². The molecule has 0 aliphatic carbocycles. The quantitative estimate of drug-likeness (QED) is 0.746. The molecule has 0 aromatic carbocycles. The summed E-state index contributed by atoms with van der Waals surface area (Å²) in [5, 5.41) is 13.4. The average molecular weight is 289 g/mol. The summed E-state index contributed by atoms with van der Waals surface area (Å²) in [6.45, 7) is 0. The minimum absolute atomic E-state index is 0.180. The van der Waals surface area contributed by atoms with Crippen molar-refractivity contribution >= 4 is 23.2 Å². The van der Waals surface area contributed by atoms with Crippen LogP contribution >= 0.6 is 11.6 Å². The van der Waals surface area contributed by atoms with E-state index in [1.54, 1.807) is 12.3 Å². The molecule has 0 atom stereocenters. The minimum atomic E-state index is -0.956. The molecule has 6 nitrogen and oxygen atoms in total. The maximum Gasteiger partial charge on any atom is 0.309 e. The molecule has 0 unspecified atom stereocenters. The normalized spacial score (nSPS) is 10.8. The van der Waals surface area contributed by atoms with Crippen LogP contribution in [0.25, 0.3) is 17.0 Å². The highest BCUT2D eigenvalue weighted by molar-refractivity contribution is 6.29. The summed E-state index contributed by atoms with van der Waals surface area (Å²) in [6, 6.07) is 8.72. The number of rotatable bonds is 3. The van der Waals surface area contributed by atoms with Gasteiger partial charge in [-0.3, -0.25) is 9.78 Å². The number of aromatic nitrogens is 4. The van der Waals surface area contributed by atoms with Gasteiger partial charge in [0.2, 0.25) is 0 Å². The van der Waals surface area contributed by atoms with E-state index in [2.05, 4.69) is 15.1 Å². The first-order valence-corrected chi connectivity index (χ1v) is 6.19. The van der Waals surface area contributed by atoms with Gasteiger partial charge in [-0.15, -0.1) is 0 Å². The van der Waals surface area contributed by atoms with Crippen LogP contribution in [0, 0.1) is 0 Å². The molecule has 0 fully saturated rings. The van der Waals surface area contributed by atoms with Crippen molar-refractivity contribution in [3.05, 3.63) is 47.4 Å². The number of aliphatic carboxylic acids is 1. The fraction of sp³-hybridized carbons (Fsp3) is 0.0769. The van der Waals surface area contributed by atoms with Gasteiger partial charge in [0.1, 0.15) is 10.8 Å². The van der Waals surface area contributed by atoms with Gasteiger partial charge in [0.25, 0.3) is 0 Å². The molecular formula is C13H9ClN4O2. The largest absolute Gasteiger partial charge is 0.481 e. The molecule has 3 rings (SSSR count). The van der Waals surface area contributed by atoms with Crippen molar-refractivity contribution in [2.45, 2.75) is 6.42 Å². The van der Waals surface area contributed by atoms with Crippen LogP contribution in [0.5, 0.6) is 0 Å². The first-order valence-electron chi connectivity index (χ1n) is 5.82. The van der Waals surface area contributed by atoms with Gasteiger partial charge in [-0.05, 0) is 18.2 Å². The third-order valence-electron chi connectivity index (χ3n) is 2.70. The SMILES string of the molecule is O=C(O)Cc1cc(Cl)n2nc(-c3ccccn3)cc2n1. The van der Waals surface area contributed by atoms with Gasteiger partial charge >= 0.3 is 5.97 Å². The van der Waals surface area contributed by atoms with Crippen LogP contribution in [-0.2, 0) is 11.2 Å². The zero-order chi connectivity index (χ0) is 14.1. The molecule has 0 saturated heterocycles. The molecule has 0 bridgehead atoms. The molecule has 0 aliphatic rings. The van der Waals surface area contributed by atoms with Gasteiger partial charge in [0.05, 0.1) is 17.8 Å². The number of carbonyl (C=O) groups is 1. The molecule has 20 heavy (non-hydrogen) atoms. The Morgan fingerprint density at radius 2 is 2.15 bits per heavy atom. The van der Waals surface area contributed by atoms with Crippen molar-refractivity contribution in [3.63, 3.8) is 0 Å². The van der Waals surface area contributed by atoms with E-state index in [-0.39, 0.29) is 6.42 Å². The van der Waals surface area contributed by atoms with Gasteiger partial charge in [0.15, 0.2) is 5.65 Å². The van der Waals surface area contributed by atoms with Gasteiger partial charge in [0, 0.05) is 12.3 Å². The van der Waals surface area contributed by atoms with Crippen molar-refractivity contribution < 1.29 is 9.90 Å². The molecule has 3 aromatic rings. The van der Waals surface area contributed by atoms with Gasteiger partial charge in [-0.2, -0.15) is 5.10 Å². The van der Waals surface area contributed by atoms with Gasteiger partial charge < -0.3 is 5.11 Å². The third kappa shape index (κ3) is 2.33. The zero-order valence-electron chi connectivity index (χ0n) is 10.2. The van der Waals surface area contributed by atoms with Crippen molar-refractivity contribution in [1.29, 1.82) is 0 Å². The number of carboxylic acid groups (broad SMARTS) is 1. The summed E-state index contributed by atoms with van der Waals surface area (Å²) in [6.07, 6.45) is 1.49. The molecular weight excluding hydrogens is 280 g/mol. The van der Waals surface area contributed by atoms with E-state index in [0.29, 0.717) is 27.9 Å². The molecule has 7 heteroatoms. The summed E-state index contributed by atoms with van der Waals surface area (Å²) in [5.41, 5.74) is 2.22. The lowest BCUT2D eigenvalue weighted by atomic mass is 10.3. The molecule has 0 amide bonds. The Bertz CT molecular complexity index is 786. The van der Waals surface area contributed by atoms with E-state index in [0.717, 1.165) is 0 Å². The Labute approximate surface area is 118 Å². The smallest absolute Gasteiger partial charge is 0.309 e. The van der Waals surface area contributed by atoms with Crippen LogP contribution in [0.4, 0.5) is 0 Å². The molecule has 0 saturated carbocycles. The molecule has 0 spiro atoms. The molecule has 0 aliphatic heterocycles. The second-order valence-corrected chi connectivity index (χ2v) is 4.54. The molecule has 1 N–H and O–H groups in total. The van der Waals surface area contributed by atoms with E-state index >= 15 is 0 Å². The maximum atomic E-state index is 10.7. The first kappa shape index (κ1) is 12.6. The van der Waals surface area contributed by atoms with Crippen LogP contribution in [0.15, 0.2) is 36.5 Å². The Morgan fingerprint density at radius 3 is 2.85 bits per heavy atom. The summed E-state index contributed by atoms with van der Waals surface area (Å²) < 4.78 is 1.46. The maximum absolute atomic E-state index is 10.7. The number of carboxylic acids is 1. The molecule has 3 heterocycles. The standard InChI is InChI=1S/C13H9ClN4O2/c14-11-5-8(6-13(19)20)16-12-7-10(17-18(11)12)9-3-1-2-4-15-9/h1-5,7H,6H2,(H,19,20). The van der Waals surface area contributed by atoms with E-state index in [4.69, 9.17) is 16.7 Å². The van der Waals surface area contributed by atoms with Crippen LogP contribution < -0.4 is 0 Å². The number of hydrogen-bond donors (Lipinski definition) is 1. The highest BCUT2D eigenvalue weighted by Gasteiger charge is 2.11. The lowest BCUT2D eigenvalue weighted by Crippen LogP contribution is -2.04. The fourth-order valence-electron chi connectivity index (χ4n) is 1.87. The Morgan fingerprint density at radius 1 is 1.30 bits per heavy atom. The monoisotopic (exact) mass is 288 g/mol. The topological polar surface area (TPSA) is 80.4 Å². The van der Waals surface area contributed by atoms with Crippen molar-refractivity contribution in [1.82, 2.24) is 19.6 Å². The Hall–Kier alpha value is -2.47. The number of hydrogen-bond acceptors (Lipinski definition) is 4. The van der Waals surface area contributed by atoms with Crippen molar-refractivity contribution in [2.75, 3.05) is 0 Å². The fourth-order valence-corrected chi connectivity index (χ4v) is 2.12.